The molecule has 16 heavy (non-hydrogen) atoms. The van der Waals surface area contributed by atoms with Gasteiger partial charge in [-0.15, -0.1) is 0 Å². The first-order valence-electron chi connectivity index (χ1n) is 6.01. The smallest absolute Gasteiger partial charge is 0.0759 e. The van der Waals surface area contributed by atoms with Crippen LogP contribution < -0.4 is 5.73 Å². The normalized spacial score (nSPS) is 19.9. The number of ether oxygens (including phenoxy) is 1. The van der Waals surface area contributed by atoms with Crippen LogP contribution in [0.25, 0.3) is 0 Å². The Kier molecular flexibility index (Phi) is 5.15. The fourth-order valence-corrected chi connectivity index (χ4v) is 2.21. The van der Waals surface area contributed by atoms with Gasteiger partial charge in [0, 0.05) is 19.6 Å². The zero-order valence-corrected chi connectivity index (χ0v) is 11.5. The maximum Gasteiger partial charge on any atom is 0.0759 e. The molecule has 1 aliphatic rings. The highest BCUT2D eigenvalue weighted by Gasteiger charge is 2.23. The van der Waals surface area contributed by atoms with Gasteiger partial charge in [0.2, 0.25) is 0 Å². The summed E-state index contributed by atoms with van der Waals surface area (Å²) in [6, 6.07) is 0. The summed E-state index contributed by atoms with van der Waals surface area (Å²) in [5.41, 5.74) is 5.66. The molecule has 0 saturated carbocycles. The van der Waals surface area contributed by atoms with Crippen LogP contribution in [0.5, 0.6) is 0 Å². The summed E-state index contributed by atoms with van der Waals surface area (Å²) in [6.45, 7) is 7.60. The van der Waals surface area contributed by atoms with E-state index in [1.54, 1.807) is 7.11 Å². The number of likely N-dealkylation sites (tertiary alicyclic amines) is 1. The topological polar surface area (TPSA) is 38.5 Å². The zero-order valence-electron chi connectivity index (χ0n) is 10.7. The minimum atomic E-state index is -0.0139. The minimum absolute atomic E-state index is 0.0139. The van der Waals surface area contributed by atoms with Crippen LogP contribution in [0.1, 0.15) is 33.1 Å². The van der Waals surface area contributed by atoms with E-state index in [-0.39, 0.29) is 5.60 Å². The van der Waals surface area contributed by atoms with Crippen LogP contribution in [-0.4, -0.2) is 42.2 Å². The maximum absolute atomic E-state index is 5.67. The Morgan fingerprint density at radius 3 is 2.44 bits per heavy atom. The molecule has 1 aliphatic heterocycles. The highest BCUT2D eigenvalue weighted by Crippen LogP contribution is 2.20. The molecule has 0 unspecified atom stereocenters. The van der Waals surface area contributed by atoms with Gasteiger partial charge in [-0.05, 0) is 46.2 Å². The summed E-state index contributed by atoms with van der Waals surface area (Å²) in [7, 11) is 1.78. The molecule has 0 atom stereocenters. The van der Waals surface area contributed by atoms with Gasteiger partial charge in [-0.1, -0.05) is 12.2 Å². The number of methoxy groups -OCH3 is 1. The standard InChI is InChI=1S/C12H24N2OS/c1-12(2,15-3)6-9-14-7-4-10(5-8-14)11(13)16/h10H,4-9H2,1-3H3,(H2,13,16). The van der Waals surface area contributed by atoms with Crippen molar-refractivity contribution in [3.63, 3.8) is 0 Å². The predicted molar refractivity (Wildman–Crippen MR) is 71.7 cm³/mol. The Morgan fingerprint density at radius 1 is 1.44 bits per heavy atom. The highest BCUT2D eigenvalue weighted by molar-refractivity contribution is 7.80. The summed E-state index contributed by atoms with van der Waals surface area (Å²) in [5.74, 6) is 0.460. The maximum atomic E-state index is 5.67. The van der Waals surface area contributed by atoms with Crippen molar-refractivity contribution in [2.24, 2.45) is 11.7 Å². The first kappa shape index (κ1) is 13.9. The summed E-state index contributed by atoms with van der Waals surface area (Å²) in [6.07, 6.45) is 3.30. The second-order valence-corrected chi connectivity index (χ2v) is 5.70. The Hall–Kier alpha value is -0.190. The third kappa shape index (κ3) is 4.36. The second kappa shape index (κ2) is 5.94. The number of piperidine rings is 1. The monoisotopic (exact) mass is 244 g/mol. The van der Waals surface area contributed by atoms with E-state index in [0.29, 0.717) is 10.9 Å². The molecule has 1 saturated heterocycles. The molecule has 94 valence electrons. The Balaban J connectivity index is 2.25. The molecule has 0 bridgehead atoms. The molecule has 3 nitrogen and oxygen atoms in total. The summed E-state index contributed by atoms with van der Waals surface area (Å²) in [5, 5.41) is 0. The average molecular weight is 244 g/mol. The summed E-state index contributed by atoms with van der Waals surface area (Å²) in [4.78, 5) is 3.17. The van der Waals surface area contributed by atoms with E-state index in [2.05, 4.69) is 18.7 Å². The second-order valence-electron chi connectivity index (χ2n) is 5.23. The molecule has 0 spiro atoms. The van der Waals surface area contributed by atoms with Crippen LogP contribution in [0.3, 0.4) is 0 Å². The van der Waals surface area contributed by atoms with Crippen molar-refractivity contribution in [3.8, 4) is 0 Å². The van der Waals surface area contributed by atoms with E-state index in [1.807, 2.05) is 0 Å². The minimum Gasteiger partial charge on any atom is -0.393 e. The van der Waals surface area contributed by atoms with Gasteiger partial charge in [-0.25, -0.2) is 0 Å². The van der Waals surface area contributed by atoms with Crippen molar-refractivity contribution < 1.29 is 4.74 Å². The van der Waals surface area contributed by atoms with Crippen molar-refractivity contribution in [3.05, 3.63) is 0 Å². The number of hydrogen-bond acceptors (Lipinski definition) is 3. The Morgan fingerprint density at radius 2 is 2.00 bits per heavy atom. The summed E-state index contributed by atoms with van der Waals surface area (Å²) >= 11 is 5.04. The van der Waals surface area contributed by atoms with E-state index in [0.717, 1.165) is 38.9 Å². The molecule has 0 aliphatic carbocycles. The molecular weight excluding hydrogens is 220 g/mol. The van der Waals surface area contributed by atoms with E-state index in [9.17, 15) is 0 Å². The molecule has 4 heteroatoms. The van der Waals surface area contributed by atoms with Crippen LogP contribution in [0.2, 0.25) is 0 Å². The van der Waals surface area contributed by atoms with Gasteiger partial charge < -0.3 is 15.4 Å². The average Bonchev–Trinajstić information content (AvgIpc) is 2.27. The lowest BCUT2D eigenvalue weighted by atomic mass is 9.96. The van der Waals surface area contributed by atoms with Crippen LogP contribution in [0, 0.1) is 5.92 Å². The first-order chi connectivity index (χ1) is 7.44. The lowest BCUT2D eigenvalue weighted by Gasteiger charge is -2.33. The van der Waals surface area contributed by atoms with Gasteiger partial charge in [0.05, 0.1) is 10.6 Å². The Bertz CT molecular complexity index is 235. The molecule has 0 aromatic rings. The van der Waals surface area contributed by atoms with Crippen LogP contribution in [0.4, 0.5) is 0 Å². The molecule has 1 fully saturated rings. The number of thiocarbonyl (C=S) groups is 1. The fraction of sp³-hybridized carbons (Fsp3) is 0.917. The molecule has 0 aromatic carbocycles. The molecule has 0 aromatic heterocycles. The highest BCUT2D eigenvalue weighted by atomic mass is 32.1. The lowest BCUT2D eigenvalue weighted by molar-refractivity contribution is 0.00560. The van der Waals surface area contributed by atoms with E-state index >= 15 is 0 Å². The van der Waals surface area contributed by atoms with Crippen molar-refractivity contribution in [1.29, 1.82) is 0 Å². The van der Waals surface area contributed by atoms with Gasteiger partial charge in [0.15, 0.2) is 0 Å². The predicted octanol–water partition coefficient (Wildman–Crippen LogP) is 1.80. The SMILES string of the molecule is COC(C)(C)CCN1CCC(C(N)=S)CC1. The number of nitrogens with zero attached hydrogens (tertiary/aromatic N) is 1. The van der Waals surface area contributed by atoms with Crippen molar-refractivity contribution >= 4 is 17.2 Å². The largest absolute Gasteiger partial charge is 0.393 e. The molecule has 2 N–H and O–H groups in total. The van der Waals surface area contributed by atoms with Gasteiger partial charge in [0.25, 0.3) is 0 Å². The van der Waals surface area contributed by atoms with Crippen molar-refractivity contribution in [2.45, 2.75) is 38.7 Å². The van der Waals surface area contributed by atoms with E-state index in [4.69, 9.17) is 22.7 Å². The lowest BCUT2D eigenvalue weighted by Crippen LogP contribution is -2.40. The van der Waals surface area contributed by atoms with Crippen LogP contribution in [-0.2, 0) is 4.74 Å². The van der Waals surface area contributed by atoms with E-state index in [1.165, 1.54) is 0 Å². The number of rotatable bonds is 5. The third-order valence-electron chi connectivity index (χ3n) is 3.57. The molecule has 1 heterocycles. The Labute approximate surface area is 104 Å². The van der Waals surface area contributed by atoms with Gasteiger partial charge in [-0.2, -0.15) is 0 Å². The van der Waals surface area contributed by atoms with Gasteiger partial charge in [0.1, 0.15) is 0 Å². The quantitative estimate of drug-likeness (QED) is 0.749. The third-order valence-corrected chi connectivity index (χ3v) is 3.91. The molecular formula is C12H24N2OS. The van der Waals surface area contributed by atoms with Crippen LogP contribution in [0.15, 0.2) is 0 Å². The fourth-order valence-electron chi connectivity index (χ4n) is 1.97. The van der Waals surface area contributed by atoms with E-state index < -0.39 is 0 Å². The van der Waals surface area contributed by atoms with Gasteiger partial charge in [-0.3, -0.25) is 0 Å². The summed E-state index contributed by atoms with van der Waals surface area (Å²) < 4.78 is 5.42. The van der Waals surface area contributed by atoms with Crippen LogP contribution >= 0.6 is 12.2 Å². The molecule has 1 rings (SSSR count). The zero-order chi connectivity index (χ0) is 12.2. The number of hydrogen-bond donors (Lipinski definition) is 1. The van der Waals surface area contributed by atoms with Gasteiger partial charge >= 0.3 is 0 Å². The first-order valence-corrected chi connectivity index (χ1v) is 6.42. The van der Waals surface area contributed by atoms with Crippen molar-refractivity contribution in [2.75, 3.05) is 26.7 Å². The molecule has 0 amide bonds. The number of nitrogens with two attached hydrogens (primary N) is 1. The molecule has 0 radical (unpaired) electrons. The van der Waals surface area contributed by atoms with Crippen molar-refractivity contribution in [1.82, 2.24) is 4.90 Å².